The second-order valence-corrected chi connectivity index (χ2v) is 4.56. The molecular weight excluding hydrogens is 230 g/mol. The Morgan fingerprint density at radius 1 is 1.22 bits per heavy atom. The van der Waals surface area contributed by atoms with Crippen LogP contribution < -0.4 is 5.48 Å². The molecule has 0 aliphatic heterocycles. The van der Waals surface area contributed by atoms with Crippen molar-refractivity contribution in [3.8, 4) is 0 Å². The van der Waals surface area contributed by atoms with E-state index in [0.717, 1.165) is 32.0 Å². The van der Waals surface area contributed by atoms with Gasteiger partial charge in [0.1, 0.15) is 6.29 Å². The van der Waals surface area contributed by atoms with Crippen LogP contribution in [0.2, 0.25) is 0 Å². The average Bonchev–Trinajstić information content (AvgIpc) is 2.46. The average molecular weight is 247 g/mol. The van der Waals surface area contributed by atoms with Crippen LogP contribution in [-0.2, 0) is 9.63 Å². The highest BCUT2D eigenvalue weighted by Gasteiger charge is 2.25. The van der Waals surface area contributed by atoms with Crippen LogP contribution in [0.3, 0.4) is 0 Å². The molecule has 0 amide bonds. The van der Waals surface area contributed by atoms with Crippen LogP contribution in [0.4, 0.5) is 0 Å². The summed E-state index contributed by atoms with van der Waals surface area (Å²) in [4.78, 5) is 27.7. The number of carbonyl (C=O) groups excluding carboxylic acids is 2. The molecule has 1 N–H and O–H groups in total. The van der Waals surface area contributed by atoms with Crippen molar-refractivity contribution in [1.29, 1.82) is 0 Å². The second-order valence-electron chi connectivity index (χ2n) is 4.56. The number of carbonyl (C=O) groups is 2. The predicted octanol–water partition coefficient (Wildman–Crippen LogP) is 2.11. The molecule has 1 aliphatic rings. The van der Waals surface area contributed by atoms with E-state index < -0.39 is 5.97 Å². The molecule has 18 heavy (non-hydrogen) atoms. The molecule has 1 aromatic carbocycles. The lowest BCUT2D eigenvalue weighted by Gasteiger charge is -2.27. The molecule has 4 nitrogen and oxygen atoms in total. The predicted molar refractivity (Wildman–Crippen MR) is 66.8 cm³/mol. The summed E-state index contributed by atoms with van der Waals surface area (Å²) < 4.78 is 0. The van der Waals surface area contributed by atoms with E-state index in [-0.39, 0.29) is 12.0 Å². The zero-order chi connectivity index (χ0) is 12.8. The van der Waals surface area contributed by atoms with E-state index in [1.165, 1.54) is 0 Å². The highest BCUT2D eigenvalue weighted by molar-refractivity contribution is 5.89. The van der Waals surface area contributed by atoms with Gasteiger partial charge in [-0.25, -0.2) is 4.79 Å². The third kappa shape index (κ3) is 3.17. The Morgan fingerprint density at radius 3 is 2.67 bits per heavy atom. The van der Waals surface area contributed by atoms with Gasteiger partial charge < -0.3 is 9.63 Å². The van der Waals surface area contributed by atoms with Gasteiger partial charge in [0.15, 0.2) is 0 Å². The van der Waals surface area contributed by atoms with Crippen LogP contribution in [-0.4, -0.2) is 18.3 Å². The molecule has 2 atom stereocenters. The standard InChI is InChI=1S/C14H17NO3/c16-10-12-8-4-5-9-13(12)15-18-14(17)11-6-2-1-3-7-11/h1-3,6-7,10,12-13,15H,4-5,8-9H2/t12-,13+/m0/s1. The van der Waals surface area contributed by atoms with Crippen LogP contribution >= 0.6 is 0 Å². The zero-order valence-corrected chi connectivity index (χ0v) is 10.2. The number of benzene rings is 1. The minimum absolute atomic E-state index is 0.0519. The number of rotatable bonds is 4. The summed E-state index contributed by atoms with van der Waals surface area (Å²) in [5.41, 5.74) is 3.24. The monoisotopic (exact) mass is 247 g/mol. The molecule has 1 fully saturated rings. The van der Waals surface area contributed by atoms with Crippen LogP contribution in [0.15, 0.2) is 30.3 Å². The van der Waals surface area contributed by atoms with Gasteiger partial charge in [-0.3, -0.25) is 0 Å². The number of hydrogen-bond donors (Lipinski definition) is 1. The van der Waals surface area contributed by atoms with Gasteiger partial charge in [-0.15, -0.1) is 5.48 Å². The number of aldehydes is 1. The van der Waals surface area contributed by atoms with Crippen LogP contribution in [0.1, 0.15) is 36.0 Å². The van der Waals surface area contributed by atoms with Gasteiger partial charge in [-0.05, 0) is 25.0 Å². The summed E-state index contributed by atoms with van der Waals surface area (Å²) in [6.07, 6.45) is 4.81. The lowest BCUT2D eigenvalue weighted by molar-refractivity contribution is -0.114. The molecule has 96 valence electrons. The molecule has 0 spiro atoms. The van der Waals surface area contributed by atoms with E-state index in [9.17, 15) is 9.59 Å². The summed E-state index contributed by atoms with van der Waals surface area (Å²) in [7, 11) is 0. The van der Waals surface area contributed by atoms with Gasteiger partial charge >= 0.3 is 5.97 Å². The molecule has 0 unspecified atom stereocenters. The molecule has 0 heterocycles. The quantitative estimate of drug-likeness (QED) is 0.654. The minimum Gasteiger partial charge on any atom is -0.366 e. The maximum atomic E-state index is 11.7. The smallest absolute Gasteiger partial charge is 0.356 e. The van der Waals surface area contributed by atoms with Gasteiger partial charge in [-0.2, -0.15) is 0 Å². The number of hydrogen-bond acceptors (Lipinski definition) is 4. The Hall–Kier alpha value is -1.68. The Balaban J connectivity index is 1.87. The van der Waals surface area contributed by atoms with E-state index in [1.807, 2.05) is 6.07 Å². The summed E-state index contributed by atoms with van der Waals surface area (Å²) >= 11 is 0. The molecule has 0 bridgehead atoms. The van der Waals surface area contributed by atoms with Crippen molar-refractivity contribution in [1.82, 2.24) is 5.48 Å². The normalized spacial score (nSPS) is 23.3. The summed E-state index contributed by atoms with van der Waals surface area (Å²) in [6, 6.07) is 8.75. The Bertz CT molecular complexity index is 405. The largest absolute Gasteiger partial charge is 0.366 e. The first-order valence-corrected chi connectivity index (χ1v) is 6.28. The van der Waals surface area contributed by atoms with E-state index in [4.69, 9.17) is 4.84 Å². The molecule has 4 heteroatoms. The van der Waals surface area contributed by atoms with Crippen molar-refractivity contribution in [3.63, 3.8) is 0 Å². The fraction of sp³-hybridized carbons (Fsp3) is 0.429. The van der Waals surface area contributed by atoms with E-state index in [0.29, 0.717) is 5.56 Å². The minimum atomic E-state index is -0.411. The summed E-state index contributed by atoms with van der Waals surface area (Å²) in [5, 5.41) is 0. The molecular formula is C14H17NO3. The topological polar surface area (TPSA) is 55.4 Å². The number of hydroxylamine groups is 1. The molecule has 0 saturated heterocycles. The third-order valence-electron chi connectivity index (χ3n) is 3.31. The van der Waals surface area contributed by atoms with Crippen LogP contribution in [0.5, 0.6) is 0 Å². The van der Waals surface area contributed by atoms with Gasteiger partial charge in [0, 0.05) is 5.92 Å². The Labute approximate surface area is 106 Å². The fourth-order valence-electron chi connectivity index (χ4n) is 2.23. The van der Waals surface area contributed by atoms with Gasteiger partial charge in [-0.1, -0.05) is 31.0 Å². The lowest BCUT2D eigenvalue weighted by Crippen LogP contribution is -2.40. The maximum absolute atomic E-state index is 11.7. The van der Waals surface area contributed by atoms with Crippen LogP contribution in [0.25, 0.3) is 0 Å². The molecule has 2 rings (SSSR count). The second kappa shape index (κ2) is 6.31. The van der Waals surface area contributed by atoms with Crippen molar-refractivity contribution in [2.45, 2.75) is 31.7 Å². The molecule has 1 aromatic rings. The van der Waals surface area contributed by atoms with E-state index in [2.05, 4.69) is 5.48 Å². The van der Waals surface area contributed by atoms with E-state index >= 15 is 0 Å². The highest BCUT2D eigenvalue weighted by atomic mass is 16.7. The Kier molecular flexibility index (Phi) is 4.47. The van der Waals surface area contributed by atoms with Crippen molar-refractivity contribution >= 4 is 12.3 Å². The zero-order valence-electron chi connectivity index (χ0n) is 10.2. The lowest BCUT2D eigenvalue weighted by atomic mass is 9.86. The first-order chi connectivity index (χ1) is 8.81. The molecule has 1 aliphatic carbocycles. The summed E-state index contributed by atoms with van der Waals surface area (Å²) in [6.45, 7) is 0. The first-order valence-electron chi connectivity index (χ1n) is 6.28. The van der Waals surface area contributed by atoms with E-state index in [1.54, 1.807) is 24.3 Å². The highest BCUT2D eigenvalue weighted by Crippen LogP contribution is 2.22. The molecule has 1 saturated carbocycles. The molecule has 0 aromatic heterocycles. The van der Waals surface area contributed by atoms with Crippen molar-refractivity contribution < 1.29 is 14.4 Å². The van der Waals surface area contributed by atoms with Gasteiger partial charge in [0.25, 0.3) is 0 Å². The van der Waals surface area contributed by atoms with Gasteiger partial charge in [0.2, 0.25) is 0 Å². The van der Waals surface area contributed by atoms with Crippen molar-refractivity contribution in [2.24, 2.45) is 5.92 Å². The SMILES string of the molecule is O=C[C@@H]1CCCC[C@H]1NOC(=O)c1ccccc1. The van der Waals surface area contributed by atoms with Crippen molar-refractivity contribution in [3.05, 3.63) is 35.9 Å². The Morgan fingerprint density at radius 2 is 1.94 bits per heavy atom. The maximum Gasteiger partial charge on any atom is 0.356 e. The van der Waals surface area contributed by atoms with Gasteiger partial charge in [0.05, 0.1) is 11.6 Å². The van der Waals surface area contributed by atoms with Crippen molar-refractivity contribution in [2.75, 3.05) is 0 Å². The first kappa shape index (κ1) is 12.8. The molecule has 0 radical (unpaired) electrons. The summed E-state index contributed by atoms with van der Waals surface area (Å²) in [5.74, 6) is -0.465. The van der Waals surface area contributed by atoms with Crippen LogP contribution in [0, 0.1) is 5.92 Å². The fourth-order valence-corrected chi connectivity index (χ4v) is 2.23. The number of nitrogens with one attached hydrogen (secondary N) is 1. The third-order valence-corrected chi connectivity index (χ3v) is 3.31.